The minimum absolute atomic E-state index is 0.537. The molecule has 2 aromatic heterocycles. The van der Waals surface area contributed by atoms with Crippen LogP contribution in [0.4, 0.5) is 11.4 Å². The molecule has 0 atom stereocenters. The van der Waals surface area contributed by atoms with Gasteiger partial charge in [0.1, 0.15) is 0 Å². The summed E-state index contributed by atoms with van der Waals surface area (Å²) in [6.45, 7) is 6.89. The van der Waals surface area contributed by atoms with Crippen molar-refractivity contribution in [3.05, 3.63) is 23.8 Å². The van der Waals surface area contributed by atoms with E-state index in [0.29, 0.717) is 5.11 Å². The van der Waals surface area contributed by atoms with Crippen molar-refractivity contribution in [2.24, 2.45) is 7.05 Å². The molecule has 0 spiro atoms. The molecule has 2 rings (SSSR count). The molecule has 0 amide bonds. The summed E-state index contributed by atoms with van der Waals surface area (Å²) in [5.41, 5.74) is 3.92. The van der Waals surface area contributed by atoms with E-state index in [1.54, 1.807) is 17.1 Å². The van der Waals surface area contributed by atoms with E-state index in [-0.39, 0.29) is 0 Å². The fourth-order valence-corrected chi connectivity index (χ4v) is 2.01. The van der Waals surface area contributed by atoms with Gasteiger partial charge in [-0.2, -0.15) is 10.2 Å². The topological polar surface area (TPSA) is 59.7 Å². The van der Waals surface area contributed by atoms with E-state index in [1.165, 1.54) is 0 Å². The van der Waals surface area contributed by atoms with Crippen molar-refractivity contribution in [3.63, 3.8) is 0 Å². The Hall–Kier alpha value is -1.89. The van der Waals surface area contributed by atoms with E-state index in [0.717, 1.165) is 29.3 Å². The van der Waals surface area contributed by atoms with Crippen LogP contribution >= 0.6 is 12.2 Å². The van der Waals surface area contributed by atoms with Gasteiger partial charge in [-0.1, -0.05) is 0 Å². The molecule has 0 aromatic carbocycles. The van der Waals surface area contributed by atoms with E-state index in [9.17, 15) is 0 Å². The second kappa shape index (κ2) is 5.40. The van der Waals surface area contributed by atoms with Crippen molar-refractivity contribution < 1.29 is 0 Å². The van der Waals surface area contributed by atoms with Crippen molar-refractivity contribution >= 4 is 28.7 Å². The maximum Gasteiger partial charge on any atom is 0.175 e. The molecular weight excluding hydrogens is 260 g/mol. The molecule has 102 valence electrons. The van der Waals surface area contributed by atoms with Crippen LogP contribution in [-0.4, -0.2) is 24.7 Å². The van der Waals surface area contributed by atoms with Crippen LogP contribution in [0.25, 0.3) is 0 Å². The summed E-state index contributed by atoms with van der Waals surface area (Å²) < 4.78 is 3.71. The lowest BCUT2D eigenvalue weighted by atomic mass is 10.4. The van der Waals surface area contributed by atoms with Gasteiger partial charge in [-0.05, 0) is 33.0 Å². The molecule has 0 saturated heterocycles. The molecule has 0 unspecified atom stereocenters. The van der Waals surface area contributed by atoms with Crippen molar-refractivity contribution in [2.45, 2.75) is 27.3 Å². The molecule has 19 heavy (non-hydrogen) atoms. The largest absolute Gasteiger partial charge is 0.330 e. The maximum atomic E-state index is 5.30. The molecule has 0 aliphatic carbocycles. The van der Waals surface area contributed by atoms with Gasteiger partial charge < -0.3 is 10.6 Å². The van der Waals surface area contributed by atoms with Gasteiger partial charge in [-0.25, -0.2) is 0 Å². The molecule has 7 heteroatoms. The Bertz CT molecular complexity index is 597. The van der Waals surface area contributed by atoms with Crippen molar-refractivity contribution in [1.82, 2.24) is 19.6 Å². The zero-order chi connectivity index (χ0) is 14.0. The van der Waals surface area contributed by atoms with E-state index in [2.05, 4.69) is 27.8 Å². The summed E-state index contributed by atoms with van der Waals surface area (Å²) in [7, 11) is 1.90. The summed E-state index contributed by atoms with van der Waals surface area (Å²) in [6, 6.07) is 0. The third-order valence-electron chi connectivity index (χ3n) is 3.13. The zero-order valence-electron chi connectivity index (χ0n) is 11.6. The van der Waals surface area contributed by atoms with Gasteiger partial charge in [0, 0.05) is 13.6 Å². The van der Waals surface area contributed by atoms with E-state index in [4.69, 9.17) is 12.2 Å². The minimum Gasteiger partial charge on any atom is -0.330 e. The Morgan fingerprint density at radius 1 is 1.16 bits per heavy atom. The van der Waals surface area contributed by atoms with Crippen LogP contribution in [0.2, 0.25) is 0 Å². The van der Waals surface area contributed by atoms with Crippen molar-refractivity contribution in [2.75, 3.05) is 10.6 Å². The molecule has 0 radical (unpaired) electrons. The van der Waals surface area contributed by atoms with Crippen LogP contribution in [0.15, 0.2) is 12.4 Å². The highest BCUT2D eigenvalue weighted by Gasteiger charge is 2.09. The summed E-state index contributed by atoms with van der Waals surface area (Å²) in [5, 5.41) is 15.2. The Balaban J connectivity index is 2.05. The minimum atomic E-state index is 0.537. The molecule has 0 aliphatic rings. The first-order valence-corrected chi connectivity index (χ1v) is 6.52. The van der Waals surface area contributed by atoms with Gasteiger partial charge in [0.2, 0.25) is 0 Å². The fraction of sp³-hybridized carbons (Fsp3) is 0.417. The van der Waals surface area contributed by atoms with Crippen LogP contribution in [0, 0.1) is 13.8 Å². The van der Waals surface area contributed by atoms with Crippen molar-refractivity contribution in [3.8, 4) is 0 Å². The lowest BCUT2D eigenvalue weighted by Gasteiger charge is -2.09. The Labute approximate surface area is 117 Å². The highest BCUT2D eigenvalue weighted by atomic mass is 32.1. The quantitative estimate of drug-likeness (QED) is 0.842. The van der Waals surface area contributed by atoms with Crippen LogP contribution in [0.1, 0.15) is 18.3 Å². The molecule has 2 N–H and O–H groups in total. The van der Waals surface area contributed by atoms with Gasteiger partial charge in [0.25, 0.3) is 0 Å². The average Bonchev–Trinajstić information content (AvgIpc) is 2.88. The molecule has 0 aliphatic heterocycles. The first-order chi connectivity index (χ1) is 9.02. The van der Waals surface area contributed by atoms with Gasteiger partial charge in [0.05, 0.1) is 35.2 Å². The monoisotopic (exact) mass is 278 g/mol. The lowest BCUT2D eigenvalue weighted by Crippen LogP contribution is -2.19. The van der Waals surface area contributed by atoms with E-state index < -0.39 is 0 Å². The Morgan fingerprint density at radius 2 is 1.74 bits per heavy atom. The second-order valence-corrected chi connectivity index (χ2v) is 4.71. The van der Waals surface area contributed by atoms with Crippen LogP contribution < -0.4 is 10.6 Å². The zero-order valence-corrected chi connectivity index (χ0v) is 12.4. The number of thiocarbonyl (C=S) groups is 1. The number of rotatable bonds is 3. The summed E-state index contributed by atoms with van der Waals surface area (Å²) in [4.78, 5) is 0. The fourth-order valence-electron chi connectivity index (χ4n) is 1.79. The van der Waals surface area contributed by atoms with Gasteiger partial charge in [-0.15, -0.1) is 0 Å². The number of anilines is 2. The molecule has 2 aromatic rings. The molecule has 0 bridgehead atoms. The molecule has 2 heterocycles. The number of hydrogen-bond donors (Lipinski definition) is 2. The van der Waals surface area contributed by atoms with Gasteiger partial charge in [-0.3, -0.25) is 9.36 Å². The Kier molecular flexibility index (Phi) is 3.84. The summed E-state index contributed by atoms with van der Waals surface area (Å²) in [6.07, 6.45) is 3.54. The van der Waals surface area contributed by atoms with Crippen LogP contribution in [-0.2, 0) is 13.6 Å². The van der Waals surface area contributed by atoms with Crippen LogP contribution in [0.5, 0.6) is 0 Å². The predicted molar refractivity (Wildman–Crippen MR) is 80.4 cm³/mol. The second-order valence-electron chi connectivity index (χ2n) is 4.31. The normalized spacial score (nSPS) is 10.5. The highest BCUT2D eigenvalue weighted by molar-refractivity contribution is 7.80. The third kappa shape index (κ3) is 2.76. The Morgan fingerprint density at radius 3 is 2.21 bits per heavy atom. The summed E-state index contributed by atoms with van der Waals surface area (Å²) in [5.74, 6) is 0. The average molecular weight is 278 g/mol. The number of aryl methyl sites for hydroxylation is 2. The standard InChI is InChI=1S/C12H18N6S/c1-5-18-9(3)11(7-14-18)16-12(19)15-10-6-13-17(4)8(10)2/h6-7H,5H2,1-4H3,(H2,15,16,19). The predicted octanol–water partition coefficient (Wildman–Crippen LogP) is 2.06. The number of nitrogens with one attached hydrogen (secondary N) is 2. The smallest absolute Gasteiger partial charge is 0.175 e. The number of hydrogen-bond acceptors (Lipinski definition) is 3. The molecule has 0 saturated carbocycles. The van der Waals surface area contributed by atoms with Gasteiger partial charge >= 0.3 is 0 Å². The first kappa shape index (κ1) is 13.5. The number of aromatic nitrogens is 4. The first-order valence-electron chi connectivity index (χ1n) is 6.12. The number of nitrogens with zero attached hydrogens (tertiary/aromatic N) is 4. The van der Waals surface area contributed by atoms with E-state index in [1.807, 2.05) is 25.6 Å². The van der Waals surface area contributed by atoms with E-state index >= 15 is 0 Å². The molecule has 6 nitrogen and oxygen atoms in total. The summed E-state index contributed by atoms with van der Waals surface area (Å²) >= 11 is 5.30. The lowest BCUT2D eigenvalue weighted by molar-refractivity contribution is 0.640. The highest BCUT2D eigenvalue weighted by Crippen LogP contribution is 2.16. The van der Waals surface area contributed by atoms with Crippen molar-refractivity contribution in [1.29, 1.82) is 0 Å². The van der Waals surface area contributed by atoms with Crippen LogP contribution in [0.3, 0.4) is 0 Å². The van der Waals surface area contributed by atoms with Gasteiger partial charge in [0.15, 0.2) is 5.11 Å². The third-order valence-corrected chi connectivity index (χ3v) is 3.34. The maximum absolute atomic E-state index is 5.30. The molecule has 0 fully saturated rings. The SMILES string of the molecule is CCn1ncc(NC(=S)Nc2cnn(C)c2C)c1C. The molecular formula is C12H18N6S.